The molecule has 2 fully saturated rings. The van der Waals surface area contributed by atoms with Crippen LogP contribution in [-0.2, 0) is 9.53 Å². The quantitative estimate of drug-likeness (QED) is 0.275. The molecule has 0 saturated heterocycles. The summed E-state index contributed by atoms with van der Waals surface area (Å²) in [4.78, 5) is 24.1. The molecule has 2 aliphatic rings. The molecule has 0 amide bonds. The third-order valence-corrected chi connectivity index (χ3v) is 8.37. The fourth-order valence-electron chi connectivity index (χ4n) is 6.52. The van der Waals surface area contributed by atoms with E-state index in [0.717, 1.165) is 31.1 Å². The van der Waals surface area contributed by atoms with Gasteiger partial charge in [-0.25, -0.2) is 4.79 Å². The zero-order valence-electron chi connectivity index (χ0n) is 21.2. The molecular weight excluding hydrogens is 428 g/mol. The second-order valence-electron chi connectivity index (χ2n) is 11.5. The summed E-state index contributed by atoms with van der Waals surface area (Å²) in [5, 5.41) is 0.869. The Morgan fingerprint density at radius 1 is 1.18 bits per heavy atom. The molecule has 0 bridgehead atoms. The molecule has 4 unspecified atom stereocenters. The molecule has 184 valence electrons. The van der Waals surface area contributed by atoms with Crippen molar-refractivity contribution in [2.75, 3.05) is 6.61 Å². The van der Waals surface area contributed by atoms with Gasteiger partial charge in [0.25, 0.3) is 0 Å². The number of hydrogen-bond donors (Lipinski definition) is 0. The van der Waals surface area contributed by atoms with Crippen LogP contribution in [0.4, 0.5) is 0 Å². The Morgan fingerprint density at radius 3 is 2.65 bits per heavy atom. The smallest absolute Gasteiger partial charge is 0.336 e. The summed E-state index contributed by atoms with van der Waals surface area (Å²) in [5.41, 5.74) is 1.29. The van der Waals surface area contributed by atoms with Gasteiger partial charge in [0.15, 0.2) is 0 Å². The highest BCUT2D eigenvalue weighted by Crippen LogP contribution is 2.61. The Morgan fingerprint density at radius 2 is 1.91 bits per heavy atom. The maximum Gasteiger partial charge on any atom is 0.336 e. The molecule has 4 rings (SSSR count). The standard InChI is InChI=1S/C29H38O5/c1-18(2)15-27(31)34-25-13-14-29(6)22(19(3)7-11-24(29)28(25,4)5)17-32-21-10-8-20-9-12-26(30)33-23(20)16-21/h8-10,12,16,18,22,24-25H,3,7,11,13-15,17H2,1-2,4-6H3. The Labute approximate surface area is 202 Å². The van der Waals surface area contributed by atoms with E-state index in [4.69, 9.17) is 13.9 Å². The average molecular weight is 467 g/mol. The molecule has 2 saturated carbocycles. The van der Waals surface area contributed by atoms with E-state index in [2.05, 4.69) is 27.4 Å². The first-order valence-corrected chi connectivity index (χ1v) is 12.5. The van der Waals surface area contributed by atoms with Gasteiger partial charge in [-0.2, -0.15) is 0 Å². The SMILES string of the molecule is C=C1CCC2C(C)(C)C(OC(=O)CC(C)C)CCC2(C)C1COc1ccc2ccc(=O)oc2c1. The van der Waals surface area contributed by atoms with Crippen LogP contribution in [0.5, 0.6) is 5.75 Å². The zero-order valence-corrected chi connectivity index (χ0v) is 21.2. The van der Waals surface area contributed by atoms with Crippen LogP contribution in [0.25, 0.3) is 11.0 Å². The second-order valence-corrected chi connectivity index (χ2v) is 11.5. The van der Waals surface area contributed by atoms with Gasteiger partial charge in [-0.1, -0.05) is 46.8 Å². The molecular formula is C29H38O5. The minimum atomic E-state index is -0.367. The van der Waals surface area contributed by atoms with E-state index in [1.165, 1.54) is 11.6 Å². The predicted octanol–water partition coefficient (Wildman–Crippen LogP) is 6.54. The number of carbonyl (C=O) groups excluding carboxylic acids is 1. The molecule has 4 atom stereocenters. The summed E-state index contributed by atoms with van der Waals surface area (Å²) in [6, 6.07) is 8.80. The van der Waals surface area contributed by atoms with Crippen molar-refractivity contribution in [1.29, 1.82) is 0 Å². The lowest BCUT2D eigenvalue weighted by atomic mass is 9.47. The maximum absolute atomic E-state index is 12.5. The highest BCUT2D eigenvalue weighted by atomic mass is 16.5. The summed E-state index contributed by atoms with van der Waals surface area (Å²) in [7, 11) is 0. The average Bonchev–Trinajstić information content (AvgIpc) is 2.74. The number of carbonyl (C=O) groups is 1. The van der Waals surface area contributed by atoms with Crippen LogP contribution in [0, 0.1) is 28.6 Å². The number of benzene rings is 1. The van der Waals surface area contributed by atoms with Gasteiger partial charge in [-0.05, 0) is 61.1 Å². The largest absolute Gasteiger partial charge is 0.493 e. The van der Waals surface area contributed by atoms with Crippen molar-refractivity contribution >= 4 is 16.9 Å². The lowest BCUT2D eigenvalue weighted by molar-refractivity contribution is -0.178. The fourth-order valence-corrected chi connectivity index (χ4v) is 6.52. The molecule has 0 radical (unpaired) electrons. The molecule has 1 aromatic carbocycles. The van der Waals surface area contributed by atoms with Crippen molar-refractivity contribution in [3.63, 3.8) is 0 Å². The van der Waals surface area contributed by atoms with E-state index in [0.29, 0.717) is 36.2 Å². The monoisotopic (exact) mass is 466 g/mol. The van der Waals surface area contributed by atoms with Gasteiger partial charge < -0.3 is 13.9 Å². The summed E-state index contributed by atoms with van der Waals surface area (Å²) in [5.74, 6) is 1.51. The summed E-state index contributed by atoms with van der Waals surface area (Å²) < 4.78 is 17.6. The summed E-state index contributed by atoms with van der Waals surface area (Å²) in [6.07, 6.45) is 4.24. The number of fused-ring (bicyclic) bond motifs is 2. The third kappa shape index (κ3) is 4.67. The van der Waals surface area contributed by atoms with Gasteiger partial charge >= 0.3 is 11.6 Å². The van der Waals surface area contributed by atoms with E-state index >= 15 is 0 Å². The van der Waals surface area contributed by atoms with Crippen LogP contribution in [0.3, 0.4) is 0 Å². The number of esters is 1. The molecule has 5 nitrogen and oxygen atoms in total. The lowest BCUT2D eigenvalue weighted by Crippen LogP contribution is -2.56. The van der Waals surface area contributed by atoms with Crippen molar-refractivity contribution < 1.29 is 18.7 Å². The van der Waals surface area contributed by atoms with Crippen LogP contribution in [0.2, 0.25) is 0 Å². The molecule has 1 aromatic heterocycles. The molecule has 0 spiro atoms. The van der Waals surface area contributed by atoms with Crippen LogP contribution < -0.4 is 10.4 Å². The first kappa shape index (κ1) is 24.6. The number of hydrogen-bond acceptors (Lipinski definition) is 5. The first-order valence-electron chi connectivity index (χ1n) is 12.5. The minimum Gasteiger partial charge on any atom is -0.493 e. The summed E-state index contributed by atoms with van der Waals surface area (Å²) >= 11 is 0. The molecule has 2 aromatic rings. The van der Waals surface area contributed by atoms with Crippen molar-refractivity contribution in [3.05, 3.63) is 52.9 Å². The zero-order chi connectivity index (χ0) is 24.7. The Hall–Kier alpha value is -2.56. The van der Waals surface area contributed by atoms with E-state index in [1.54, 1.807) is 12.1 Å². The molecule has 34 heavy (non-hydrogen) atoms. The molecule has 5 heteroatoms. The van der Waals surface area contributed by atoms with Gasteiger partial charge in [0, 0.05) is 35.3 Å². The van der Waals surface area contributed by atoms with Crippen LogP contribution in [0.15, 0.2) is 51.7 Å². The van der Waals surface area contributed by atoms with E-state index in [9.17, 15) is 9.59 Å². The molecule has 0 aliphatic heterocycles. The van der Waals surface area contributed by atoms with Gasteiger partial charge in [0.2, 0.25) is 0 Å². The minimum absolute atomic E-state index is 0.0171. The summed E-state index contributed by atoms with van der Waals surface area (Å²) in [6.45, 7) is 15.9. The maximum atomic E-state index is 12.5. The molecule has 2 aliphatic carbocycles. The first-order chi connectivity index (χ1) is 16.0. The number of ether oxygens (including phenoxy) is 2. The van der Waals surface area contributed by atoms with E-state index in [1.807, 2.05) is 26.0 Å². The van der Waals surface area contributed by atoms with Gasteiger partial charge in [0.1, 0.15) is 17.4 Å². The van der Waals surface area contributed by atoms with Crippen LogP contribution in [0.1, 0.15) is 66.7 Å². The predicted molar refractivity (Wildman–Crippen MR) is 134 cm³/mol. The van der Waals surface area contributed by atoms with Crippen molar-refractivity contribution in [2.24, 2.45) is 28.6 Å². The van der Waals surface area contributed by atoms with Gasteiger partial charge in [-0.3, -0.25) is 4.79 Å². The van der Waals surface area contributed by atoms with Crippen LogP contribution in [-0.4, -0.2) is 18.7 Å². The molecule has 0 N–H and O–H groups in total. The van der Waals surface area contributed by atoms with Crippen molar-refractivity contribution in [2.45, 2.75) is 72.8 Å². The fraction of sp³-hybridized carbons (Fsp3) is 0.586. The topological polar surface area (TPSA) is 65.7 Å². The highest BCUT2D eigenvalue weighted by Gasteiger charge is 2.57. The van der Waals surface area contributed by atoms with Crippen LogP contribution >= 0.6 is 0 Å². The van der Waals surface area contributed by atoms with E-state index < -0.39 is 0 Å². The third-order valence-electron chi connectivity index (χ3n) is 8.37. The van der Waals surface area contributed by atoms with Gasteiger partial charge in [0.05, 0.1) is 6.61 Å². The Bertz CT molecular complexity index is 1130. The normalized spacial score (nSPS) is 28.5. The highest BCUT2D eigenvalue weighted by molar-refractivity contribution is 5.77. The Balaban J connectivity index is 1.51. The number of rotatable bonds is 6. The lowest BCUT2D eigenvalue weighted by Gasteiger charge is -2.59. The van der Waals surface area contributed by atoms with E-state index in [-0.39, 0.29) is 34.4 Å². The molecule has 1 heterocycles. The van der Waals surface area contributed by atoms with Gasteiger partial charge in [-0.15, -0.1) is 0 Å². The Kier molecular flexibility index (Phi) is 6.67. The second kappa shape index (κ2) is 9.24. The van der Waals surface area contributed by atoms with Crippen molar-refractivity contribution in [1.82, 2.24) is 0 Å². The van der Waals surface area contributed by atoms with Crippen molar-refractivity contribution in [3.8, 4) is 5.75 Å².